The monoisotopic (exact) mass is 452 g/mol. The number of fused-ring (bicyclic) bond motifs is 4. The van der Waals surface area contributed by atoms with Gasteiger partial charge in [-0.3, -0.25) is 9.20 Å². The van der Waals surface area contributed by atoms with Gasteiger partial charge in [-0.25, -0.2) is 4.98 Å². The van der Waals surface area contributed by atoms with Crippen LogP contribution in [0.15, 0.2) is 114 Å². The summed E-state index contributed by atoms with van der Waals surface area (Å²) in [5.41, 5.74) is 7.49. The fraction of sp³-hybridized carbons (Fsp3) is 0.0625. The van der Waals surface area contributed by atoms with Crippen molar-refractivity contribution in [1.82, 2.24) is 9.38 Å². The van der Waals surface area contributed by atoms with Crippen molar-refractivity contribution in [2.45, 2.75) is 13.8 Å². The molecule has 168 valence electrons. The van der Waals surface area contributed by atoms with Gasteiger partial charge in [-0.1, -0.05) is 97.1 Å². The second kappa shape index (κ2) is 8.07. The van der Waals surface area contributed by atoms with E-state index in [2.05, 4.69) is 61.2 Å². The summed E-state index contributed by atoms with van der Waals surface area (Å²) < 4.78 is 1.77. The van der Waals surface area contributed by atoms with Crippen molar-refractivity contribution in [3.8, 4) is 11.1 Å². The fourth-order valence-electron chi connectivity index (χ4n) is 5.14. The van der Waals surface area contributed by atoms with Crippen LogP contribution in [0.5, 0.6) is 0 Å². The lowest BCUT2D eigenvalue weighted by atomic mass is 9.94. The van der Waals surface area contributed by atoms with Gasteiger partial charge in [0.05, 0.1) is 11.0 Å². The molecule has 0 aliphatic rings. The molecule has 0 saturated heterocycles. The molecular weight excluding hydrogens is 428 g/mol. The molecule has 0 spiro atoms. The van der Waals surface area contributed by atoms with Gasteiger partial charge in [-0.05, 0) is 48.1 Å². The Hall–Kier alpha value is -4.50. The third-order valence-electron chi connectivity index (χ3n) is 6.54. The lowest BCUT2D eigenvalue weighted by molar-refractivity contribution is 1.19. The van der Waals surface area contributed by atoms with Crippen molar-refractivity contribution in [2.75, 3.05) is 0 Å². The number of imidazole rings is 1. The van der Waals surface area contributed by atoms with Crippen molar-refractivity contribution in [3.05, 3.63) is 125 Å². The number of hydrogen-bond acceptors (Lipinski definition) is 2. The first-order chi connectivity index (χ1) is 17.1. The fourth-order valence-corrected chi connectivity index (χ4v) is 5.14. The van der Waals surface area contributed by atoms with E-state index in [1.165, 1.54) is 0 Å². The van der Waals surface area contributed by atoms with Crippen LogP contribution in [0.1, 0.15) is 19.4 Å². The molecule has 6 aromatic rings. The van der Waals surface area contributed by atoms with Gasteiger partial charge in [0.15, 0.2) is 0 Å². The molecule has 0 aliphatic carbocycles. The van der Waals surface area contributed by atoms with E-state index in [9.17, 15) is 4.79 Å². The average molecular weight is 453 g/mol. The van der Waals surface area contributed by atoms with Gasteiger partial charge in [0.2, 0.25) is 0 Å². The van der Waals surface area contributed by atoms with Crippen LogP contribution in [0.2, 0.25) is 0 Å². The third kappa shape index (κ3) is 3.20. The zero-order chi connectivity index (χ0) is 24.1. The van der Waals surface area contributed by atoms with Crippen LogP contribution in [0.25, 0.3) is 54.9 Å². The number of benzene rings is 4. The van der Waals surface area contributed by atoms with Crippen molar-refractivity contribution in [2.24, 2.45) is 0 Å². The molecule has 2 heterocycles. The first-order valence-electron chi connectivity index (χ1n) is 11.8. The van der Waals surface area contributed by atoms with E-state index in [0.717, 1.165) is 55.0 Å². The molecule has 3 nitrogen and oxygen atoms in total. The summed E-state index contributed by atoms with van der Waals surface area (Å²) in [4.78, 5) is 19.0. The zero-order valence-corrected chi connectivity index (χ0v) is 19.7. The molecule has 0 atom stereocenters. The molecule has 0 saturated carbocycles. The van der Waals surface area contributed by atoms with Crippen molar-refractivity contribution in [3.63, 3.8) is 0 Å². The van der Waals surface area contributed by atoms with E-state index in [-0.39, 0.29) is 5.56 Å². The lowest BCUT2D eigenvalue weighted by Gasteiger charge is -2.11. The van der Waals surface area contributed by atoms with Gasteiger partial charge in [0, 0.05) is 21.7 Å². The Kier molecular flexibility index (Phi) is 4.85. The highest BCUT2D eigenvalue weighted by molar-refractivity contribution is 6.19. The molecule has 0 fully saturated rings. The van der Waals surface area contributed by atoms with Gasteiger partial charge >= 0.3 is 0 Å². The lowest BCUT2D eigenvalue weighted by Crippen LogP contribution is -2.13. The zero-order valence-electron chi connectivity index (χ0n) is 19.7. The number of pyridine rings is 1. The Labute approximate surface area is 203 Å². The van der Waals surface area contributed by atoms with Gasteiger partial charge in [-0.15, -0.1) is 0 Å². The summed E-state index contributed by atoms with van der Waals surface area (Å²) in [5.74, 6) is 0. The van der Waals surface area contributed by atoms with E-state index in [1.54, 1.807) is 4.40 Å². The van der Waals surface area contributed by atoms with Crippen molar-refractivity contribution < 1.29 is 0 Å². The van der Waals surface area contributed by atoms with Crippen molar-refractivity contribution in [1.29, 1.82) is 0 Å². The maximum absolute atomic E-state index is 13.9. The smallest absolute Gasteiger partial charge is 0.264 e. The number of hydrogen-bond donors (Lipinski definition) is 0. The van der Waals surface area contributed by atoms with Crippen LogP contribution in [0.4, 0.5) is 0 Å². The van der Waals surface area contributed by atoms with Crippen LogP contribution in [-0.4, -0.2) is 9.38 Å². The highest BCUT2D eigenvalue weighted by atomic mass is 16.1. The molecule has 0 N–H and O–H groups in total. The molecule has 6 rings (SSSR count). The number of rotatable bonds is 4. The Bertz CT molecular complexity index is 1890. The van der Waals surface area contributed by atoms with Gasteiger partial charge < -0.3 is 0 Å². The summed E-state index contributed by atoms with van der Waals surface area (Å²) in [6, 6.07) is 26.6. The van der Waals surface area contributed by atoms with Crippen LogP contribution >= 0.6 is 0 Å². The van der Waals surface area contributed by atoms with Crippen LogP contribution < -0.4 is 5.56 Å². The first kappa shape index (κ1) is 21.1. The number of nitrogens with zero attached hydrogens (tertiary/aromatic N) is 2. The van der Waals surface area contributed by atoms with Gasteiger partial charge in [0.1, 0.15) is 5.65 Å². The topological polar surface area (TPSA) is 34.4 Å². The summed E-state index contributed by atoms with van der Waals surface area (Å²) in [7, 11) is 0. The summed E-state index contributed by atoms with van der Waals surface area (Å²) in [6.07, 6.45) is 6.12. The van der Waals surface area contributed by atoms with Crippen molar-refractivity contribution >= 4 is 43.8 Å². The van der Waals surface area contributed by atoms with E-state index in [4.69, 9.17) is 4.98 Å². The molecule has 0 amide bonds. The third-order valence-corrected chi connectivity index (χ3v) is 6.54. The molecular formula is C32H24N2O. The van der Waals surface area contributed by atoms with E-state index >= 15 is 0 Å². The second-order valence-corrected chi connectivity index (χ2v) is 8.95. The van der Waals surface area contributed by atoms with E-state index < -0.39 is 0 Å². The SMILES string of the molecule is C=C(C)/C=C(\C=C/C)c1cccc2c1nc1c3cccc4c(-c5ccccc5)ccc(c(=O)n21)c43. The minimum atomic E-state index is -0.0422. The summed E-state index contributed by atoms with van der Waals surface area (Å²) >= 11 is 0. The predicted octanol–water partition coefficient (Wildman–Crippen LogP) is 7.79. The number of aromatic nitrogens is 2. The highest BCUT2D eigenvalue weighted by Crippen LogP contribution is 2.36. The quantitative estimate of drug-likeness (QED) is 0.256. The highest BCUT2D eigenvalue weighted by Gasteiger charge is 2.19. The molecule has 0 aliphatic heterocycles. The van der Waals surface area contributed by atoms with Gasteiger partial charge in [-0.2, -0.15) is 0 Å². The second-order valence-electron chi connectivity index (χ2n) is 8.95. The molecule has 0 unspecified atom stereocenters. The number of para-hydroxylation sites is 1. The molecule has 3 heteroatoms. The summed E-state index contributed by atoms with van der Waals surface area (Å²) in [5, 5.41) is 3.72. The standard InChI is InChI=1S/C32H24N2O/c1-4-10-22(19-20(2)3)24-13-9-16-28-30(24)33-31-26-15-8-14-25-23(21-11-6-5-7-12-21)17-18-27(29(25)26)32(35)34(28)31/h4-19H,2H2,1,3H3/b10-4-,22-19+. The molecule has 35 heavy (non-hydrogen) atoms. The van der Waals surface area contributed by atoms with Gasteiger partial charge in [0.25, 0.3) is 5.56 Å². The molecule has 2 aromatic heterocycles. The Balaban J connectivity index is 1.77. The Morgan fingerprint density at radius 1 is 0.886 bits per heavy atom. The first-order valence-corrected chi connectivity index (χ1v) is 11.8. The maximum atomic E-state index is 13.9. The maximum Gasteiger partial charge on any atom is 0.264 e. The van der Waals surface area contributed by atoms with E-state index in [0.29, 0.717) is 11.0 Å². The molecule has 4 aromatic carbocycles. The van der Waals surface area contributed by atoms with Crippen LogP contribution in [-0.2, 0) is 0 Å². The average Bonchev–Trinajstić information content (AvgIpc) is 3.27. The minimum absolute atomic E-state index is 0.0422. The van der Waals surface area contributed by atoms with Crippen LogP contribution in [0, 0.1) is 0 Å². The Morgan fingerprint density at radius 2 is 1.66 bits per heavy atom. The predicted molar refractivity (Wildman–Crippen MR) is 148 cm³/mol. The minimum Gasteiger partial charge on any atom is -0.268 e. The van der Waals surface area contributed by atoms with E-state index in [1.807, 2.05) is 56.3 Å². The molecule has 0 bridgehead atoms. The number of allylic oxidation sites excluding steroid dienone is 5. The summed E-state index contributed by atoms with van der Waals surface area (Å²) in [6.45, 7) is 8.03. The molecule has 0 radical (unpaired) electrons. The largest absolute Gasteiger partial charge is 0.268 e. The Morgan fingerprint density at radius 3 is 2.43 bits per heavy atom. The normalized spacial score (nSPS) is 12.6. The van der Waals surface area contributed by atoms with Crippen LogP contribution in [0.3, 0.4) is 0 Å².